The van der Waals surface area contributed by atoms with Crippen molar-refractivity contribution in [1.82, 2.24) is 5.32 Å². The van der Waals surface area contributed by atoms with E-state index in [1.807, 2.05) is 6.08 Å². The molecule has 1 unspecified atom stereocenters. The molecule has 376 valence electrons. The third kappa shape index (κ3) is 49.0. The maximum atomic E-state index is 12.8. The number of aliphatic hydroxyl groups is 1. The molecule has 3 atom stereocenters. The van der Waals surface area contributed by atoms with E-state index in [1.165, 1.54) is 238 Å². The Balaban J connectivity index is 3.83. The van der Waals surface area contributed by atoms with Gasteiger partial charge in [0.1, 0.15) is 0 Å². The minimum Gasteiger partial charge on any atom is -0.387 e. The smallest absolute Gasteiger partial charge is 0.387 e. The molecule has 0 aromatic rings. The molecular weight excluding hydrogens is 804 g/mol. The van der Waals surface area contributed by atoms with Gasteiger partial charge < -0.3 is 21.1 Å². The van der Waals surface area contributed by atoms with Crippen molar-refractivity contribution in [3.05, 3.63) is 12.2 Å². The highest BCUT2D eigenvalue weighted by atomic mass is 31.2. The number of hydrogen-bond acceptors (Lipinski definition) is 6. The highest BCUT2D eigenvalue weighted by Gasteiger charge is 2.27. The van der Waals surface area contributed by atoms with E-state index in [1.54, 1.807) is 6.08 Å². The standard InChI is InChI=1S/C54H109N2O6P/c1-3-5-7-9-11-13-15-17-18-19-20-21-22-23-24-25-26-27-28-29-30-31-32-33-34-36-38-40-42-44-46-48-54(58)56-52(51-62-63(59,60)61-50-49-55)53(57)47-45-43-41-39-37-35-16-14-12-10-8-6-4-2/h45,47,52-53,57H,3-44,46,48-51,55H2,1-2H3,(H,56,58)(H,59,60)/b47-45+/t52-,53+/m0/s1. The first-order valence-corrected chi connectivity index (χ1v) is 29.3. The summed E-state index contributed by atoms with van der Waals surface area (Å²) in [5.41, 5.74) is 5.39. The Morgan fingerprint density at radius 1 is 0.508 bits per heavy atom. The van der Waals surface area contributed by atoms with E-state index in [0.29, 0.717) is 6.42 Å². The van der Waals surface area contributed by atoms with Crippen LogP contribution in [0.3, 0.4) is 0 Å². The van der Waals surface area contributed by atoms with Crippen molar-refractivity contribution in [1.29, 1.82) is 0 Å². The second-order valence-electron chi connectivity index (χ2n) is 19.2. The monoisotopic (exact) mass is 913 g/mol. The van der Waals surface area contributed by atoms with Gasteiger partial charge in [-0.3, -0.25) is 13.8 Å². The number of allylic oxidation sites excluding steroid dienone is 1. The summed E-state index contributed by atoms with van der Waals surface area (Å²) < 4.78 is 22.2. The molecular formula is C54H109N2O6P. The van der Waals surface area contributed by atoms with Crippen LogP contribution in [0.1, 0.15) is 296 Å². The van der Waals surface area contributed by atoms with Crippen molar-refractivity contribution in [3.63, 3.8) is 0 Å². The third-order valence-corrected chi connectivity index (χ3v) is 13.8. The summed E-state index contributed by atoms with van der Waals surface area (Å²) in [6, 6.07) is -0.855. The minimum absolute atomic E-state index is 0.0815. The van der Waals surface area contributed by atoms with E-state index in [2.05, 4.69) is 19.2 Å². The van der Waals surface area contributed by atoms with Crippen molar-refractivity contribution < 1.29 is 28.4 Å². The molecule has 0 fully saturated rings. The van der Waals surface area contributed by atoms with Gasteiger partial charge in [0.25, 0.3) is 0 Å². The Bertz CT molecular complexity index is 999. The molecule has 9 heteroatoms. The normalized spacial score (nSPS) is 13.8. The van der Waals surface area contributed by atoms with Crippen molar-refractivity contribution in [2.24, 2.45) is 5.73 Å². The van der Waals surface area contributed by atoms with E-state index < -0.39 is 20.0 Å². The predicted molar refractivity (Wildman–Crippen MR) is 272 cm³/mol. The molecule has 0 saturated carbocycles. The van der Waals surface area contributed by atoms with Gasteiger partial charge in [-0.05, 0) is 19.3 Å². The van der Waals surface area contributed by atoms with E-state index in [-0.39, 0.29) is 25.7 Å². The van der Waals surface area contributed by atoms with Gasteiger partial charge in [0, 0.05) is 13.0 Å². The second-order valence-corrected chi connectivity index (χ2v) is 20.6. The molecule has 0 bridgehead atoms. The molecule has 1 amide bonds. The van der Waals surface area contributed by atoms with Crippen molar-refractivity contribution >= 4 is 13.7 Å². The Morgan fingerprint density at radius 3 is 1.13 bits per heavy atom. The number of carbonyl (C=O) groups excluding carboxylic acids is 1. The molecule has 0 saturated heterocycles. The zero-order valence-corrected chi connectivity index (χ0v) is 43.0. The first-order chi connectivity index (χ1) is 30.9. The predicted octanol–water partition coefficient (Wildman–Crippen LogP) is 16.7. The van der Waals surface area contributed by atoms with Crippen LogP contribution in [0.2, 0.25) is 0 Å². The van der Waals surface area contributed by atoms with Crippen LogP contribution in [0.4, 0.5) is 0 Å². The largest absolute Gasteiger partial charge is 0.472 e. The molecule has 0 aliphatic carbocycles. The zero-order valence-electron chi connectivity index (χ0n) is 42.1. The van der Waals surface area contributed by atoms with E-state index in [9.17, 15) is 19.4 Å². The number of nitrogens with one attached hydrogen (secondary N) is 1. The highest BCUT2D eigenvalue weighted by molar-refractivity contribution is 7.47. The van der Waals surface area contributed by atoms with Gasteiger partial charge in [-0.2, -0.15) is 0 Å². The first kappa shape index (κ1) is 62.2. The molecule has 0 heterocycles. The van der Waals surface area contributed by atoms with E-state index in [0.717, 1.165) is 38.5 Å². The van der Waals surface area contributed by atoms with Gasteiger partial charge >= 0.3 is 7.82 Å². The molecule has 5 N–H and O–H groups in total. The topological polar surface area (TPSA) is 131 Å². The number of nitrogens with two attached hydrogens (primary N) is 1. The molecule has 0 radical (unpaired) electrons. The van der Waals surface area contributed by atoms with Gasteiger partial charge in [0.2, 0.25) is 5.91 Å². The molecule has 0 aliphatic rings. The van der Waals surface area contributed by atoms with Crippen LogP contribution < -0.4 is 11.1 Å². The number of rotatable bonds is 53. The Labute approximate surface area is 392 Å². The van der Waals surface area contributed by atoms with Crippen LogP contribution in [0.5, 0.6) is 0 Å². The first-order valence-electron chi connectivity index (χ1n) is 27.8. The Kier molecular flexibility index (Phi) is 50.0. The lowest BCUT2D eigenvalue weighted by Crippen LogP contribution is -2.45. The second kappa shape index (κ2) is 50.6. The number of phosphoric acid groups is 1. The number of aliphatic hydroxyl groups excluding tert-OH is 1. The quantitative estimate of drug-likeness (QED) is 0.0271. The fraction of sp³-hybridized carbons (Fsp3) is 0.944. The lowest BCUT2D eigenvalue weighted by atomic mass is 10.0. The number of unbranched alkanes of at least 4 members (excludes halogenated alkanes) is 41. The average Bonchev–Trinajstić information content (AvgIpc) is 3.27. The Morgan fingerprint density at radius 2 is 0.810 bits per heavy atom. The maximum absolute atomic E-state index is 12.8. The average molecular weight is 913 g/mol. The van der Waals surface area contributed by atoms with Crippen molar-refractivity contribution in [3.8, 4) is 0 Å². The summed E-state index contributed by atoms with van der Waals surface area (Å²) in [6.45, 7) is 4.17. The summed E-state index contributed by atoms with van der Waals surface area (Å²) in [5.74, 6) is -0.188. The van der Waals surface area contributed by atoms with Crippen molar-refractivity contribution in [2.45, 2.75) is 309 Å². The molecule has 0 aromatic carbocycles. The summed E-state index contributed by atoms with van der Waals surface area (Å²) in [7, 11) is -4.34. The third-order valence-electron chi connectivity index (χ3n) is 12.9. The van der Waals surface area contributed by atoms with Crippen LogP contribution in [0.15, 0.2) is 12.2 Å². The number of hydrogen-bond donors (Lipinski definition) is 4. The van der Waals surface area contributed by atoms with Gasteiger partial charge in [-0.15, -0.1) is 0 Å². The van der Waals surface area contributed by atoms with Crippen LogP contribution in [0, 0.1) is 0 Å². The zero-order chi connectivity index (χ0) is 46.0. The summed E-state index contributed by atoms with van der Waals surface area (Å²) in [4.78, 5) is 22.8. The fourth-order valence-electron chi connectivity index (χ4n) is 8.67. The molecule has 0 spiro atoms. The van der Waals surface area contributed by atoms with Gasteiger partial charge in [0.15, 0.2) is 0 Å². The van der Waals surface area contributed by atoms with E-state index >= 15 is 0 Å². The number of phosphoric ester groups is 1. The van der Waals surface area contributed by atoms with Crippen LogP contribution in [0.25, 0.3) is 0 Å². The maximum Gasteiger partial charge on any atom is 0.472 e. The fourth-order valence-corrected chi connectivity index (χ4v) is 9.43. The SMILES string of the molecule is CCCCCCCCCCCCC/C=C/[C@@H](O)[C@H](COP(=O)(O)OCCN)NC(=O)CCCCCCCCCCCCCCCCCCCCCCCCCCCCCCCCC. The number of amides is 1. The van der Waals surface area contributed by atoms with Crippen LogP contribution >= 0.6 is 7.82 Å². The highest BCUT2D eigenvalue weighted by Crippen LogP contribution is 2.43. The molecule has 8 nitrogen and oxygen atoms in total. The Hall–Kier alpha value is -0.760. The lowest BCUT2D eigenvalue weighted by molar-refractivity contribution is -0.123. The van der Waals surface area contributed by atoms with Gasteiger partial charge in [-0.25, -0.2) is 4.57 Å². The van der Waals surface area contributed by atoms with Gasteiger partial charge in [-0.1, -0.05) is 283 Å². The minimum atomic E-state index is -4.34. The van der Waals surface area contributed by atoms with Crippen molar-refractivity contribution in [2.75, 3.05) is 19.8 Å². The van der Waals surface area contributed by atoms with E-state index in [4.69, 9.17) is 14.8 Å². The molecule has 0 aromatic heterocycles. The summed E-state index contributed by atoms with van der Waals surface area (Å²) >= 11 is 0. The molecule has 0 rings (SSSR count). The molecule has 0 aliphatic heterocycles. The summed E-state index contributed by atoms with van der Waals surface area (Å²) in [5, 5.41) is 13.7. The number of carbonyl (C=O) groups is 1. The lowest BCUT2D eigenvalue weighted by Gasteiger charge is -2.23. The van der Waals surface area contributed by atoms with Crippen LogP contribution in [-0.2, 0) is 18.4 Å². The summed E-state index contributed by atoms with van der Waals surface area (Å²) in [6.07, 6.45) is 60.2. The van der Waals surface area contributed by atoms with Crippen LogP contribution in [-0.4, -0.2) is 47.8 Å². The van der Waals surface area contributed by atoms with Gasteiger partial charge in [0.05, 0.1) is 25.4 Å². The molecule has 63 heavy (non-hydrogen) atoms.